The van der Waals surface area contributed by atoms with Crippen LogP contribution in [-0.2, 0) is 0 Å². The van der Waals surface area contributed by atoms with Gasteiger partial charge in [0.25, 0.3) is 0 Å². The quantitative estimate of drug-likeness (QED) is 0.690. The Balaban J connectivity index is 4.32. The first kappa shape index (κ1) is 12.1. The van der Waals surface area contributed by atoms with E-state index in [9.17, 15) is 18.0 Å². The number of carboxylic acid groups (broad SMARTS) is 1. The molecule has 0 radical (unpaired) electrons. The van der Waals surface area contributed by atoms with Crippen LogP contribution in [0.25, 0.3) is 0 Å². The molecule has 0 saturated heterocycles. The van der Waals surface area contributed by atoms with Gasteiger partial charge in [0.15, 0.2) is 6.67 Å². The van der Waals surface area contributed by atoms with E-state index >= 15 is 0 Å². The fourth-order valence-corrected chi connectivity index (χ4v) is 0.788. The van der Waals surface area contributed by atoms with Gasteiger partial charge in [-0.3, -0.25) is 0 Å². The van der Waals surface area contributed by atoms with Gasteiger partial charge in [0.05, 0.1) is 0 Å². The number of nitrogens with zero attached hydrogens (tertiary/aromatic N) is 1. The van der Waals surface area contributed by atoms with Crippen LogP contribution in [0.3, 0.4) is 0 Å². The van der Waals surface area contributed by atoms with Crippen molar-refractivity contribution in [3.8, 4) is 0 Å². The fraction of sp³-hybridized carbons (Fsp3) is 0.857. The number of alkyl halides is 3. The standard InChI is InChI=1S/C7H12F3NO2/c1-2-3-4-11(6(12)13)7(9,10)5-8/h2-5H2,1H3,(H,12,13). The van der Waals surface area contributed by atoms with Gasteiger partial charge in [0.1, 0.15) is 0 Å². The average molecular weight is 199 g/mol. The van der Waals surface area contributed by atoms with Crippen LogP contribution in [0.15, 0.2) is 0 Å². The highest BCUT2D eigenvalue weighted by molar-refractivity contribution is 5.65. The monoisotopic (exact) mass is 199 g/mol. The molecule has 0 aromatic carbocycles. The van der Waals surface area contributed by atoms with Gasteiger partial charge < -0.3 is 5.11 Å². The van der Waals surface area contributed by atoms with Gasteiger partial charge in [-0.05, 0) is 6.42 Å². The number of amides is 1. The Kier molecular flexibility index (Phi) is 4.58. The van der Waals surface area contributed by atoms with Gasteiger partial charge in [-0.15, -0.1) is 0 Å². The van der Waals surface area contributed by atoms with E-state index in [1.807, 2.05) is 0 Å². The predicted molar refractivity (Wildman–Crippen MR) is 40.6 cm³/mol. The molecule has 0 aliphatic carbocycles. The van der Waals surface area contributed by atoms with Crippen LogP contribution in [0.2, 0.25) is 0 Å². The second kappa shape index (κ2) is 4.94. The molecule has 0 rings (SSSR count). The molecule has 1 amide bonds. The molecule has 0 fully saturated rings. The maximum atomic E-state index is 12.6. The molecule has 3 nitrogen and oxygen atoms in total. The van der Waals surface area contributed by atoms with E-state index < -0.39 is 18.8 Å². The second-order valence-corrected chi connectivity index (χ2v) is 2.59. The van der Waals surface area contributed by atoms with Crippen LogP contribution in [0, 0.1) is 0 Å². The van der Waals surface area contributed by atoms with E-state index in [2.05, 4.69) is 0 Å². The lowest BCUT2D eigenvalue weighted by atomic mass is 10.3. The molecule has 0 atom stereocenters. The minimum Gasteiger partial charge on any atom is -0.465 e. The van der Waals surface area contributed by atoms with E-state index in [4.69, 9.17) is 5.11 Å². The third-order valence-corrected chi connectivity index (χ3v) is 1.52. The number of hydrogen-bond acceptors (Lipinski definition) is 1. The molecule has 1 N–H and O–H groups in total. The van der Waals surface area contributed by atoms with Crippen molar-refractivity contribution in [2.45, 2.75) is 25.8 Å². The minimum atomic E-state index is -3.90. The first-order valence-corrected chi connectivity index (χ1v) is 3.90. The smallest absolute Gasteiger partial charge is 0.411 e. The van der Waals surface area contributed by atoms with Crippen molar-refractivity contribution in [1.29, 1.82) is 0 Å². The summed E-state index contributed by atoms with van der Waals surface area (Å²) in [5, 5.41) is 8.35. The number of carbonyl (C=O) groups is 1. The number of halogens is 3. The van der Waals surface area contributed by atoms with E-state index in [-0.39, 0.29) is 11.4 Å². The molecule has 13 heavy (non-hydrogen) atoms. The summed E-state index contributed by atoms with van der Waals surface area (Å²) in [6, 6.07) is -3.90. The molecule has 0 bridgehead atoms. The SMILES string of the molecule is CCCCN(C(=O)O)C(F)(F)CF. The molecule has 0 aliphatic heterocycles. The molecule has 78 valence electrons. The molecule has 0 aromatic heterocycles. The lowest BCUT2D eigenvalue weighted by Crippen LogP contribution is -2.47. The van der Waals surface area contributed by atoms with E-state index in [0.29, 0.717) is 12.8 Å². The molecule has 0 saturated carbocycles. The Morgan fingerprint density at radius 1 is 1.54 bits per heavy atom. The Bertz CT molecular complexity index is 175. The maximum Gasteiger partial charge on any atom is 0.411 e. The van der Waals surface area contributed by atoms with Crippen LogP contribution in [0.5, 0.6) is 0 Å². The highest BCUT2D eigenvalue weighted by atomic mass is 19.3. The van der Waals surface area contributed by atoms with Crippen LogP contribution in [0.4, 0.5) is 18.0 Å². The lowest BCUT2D eigenvalue weighted by molar-refractivity contribution is -0.140. The van der Waals surface area contributed by atoms with Crippen molar-refractivity contribution in [2.24, 2.45) is 0 Å². The molecule has 6 heteroatoms. The Morgan fingerprint density at radius 2 is 2.08 bits per heavy atom. The van der Waals surface area contributed by atoms with Crippen molar-refractivity contribution < 1.29 is 23.1 Å². The molecular formula is C7H12F3NO2. The maximum absolute atomic E-state index is 12.6. The van der Waals surface area contributed by atoms with Crippen LogP contribution >= 0.6 is 0 Å². The molecule has 0 unspecified atom stereocenters. The minimum absolute atomic E-state index is 0.170. The lowest BCUT2D eigenvalue weighted by Gasteiger charge is -2.26. The molecule has 0 heterocycles. The highest BCUT2D eigenvalue weighted by Crippen LogP contribution is 2.20. The fourth-order valence-electron chi connectivity index (χ4n) is 0.788. The molecular weight excluding hydrogens is 187 g/mol. The molecule has 0 spiro atoms. The summed E-state index contributed by atoms with van der Waals surface area (Å²) in [4.78, 5) is 10.1. The summed E-state index contributed by atoms with van der Waals surface area (Å²) in [5.41, 5.74) is 0. The van der Waals surface area contributed by atoms with Gasteiger partial charge in [0, 0.05) is 6.54 Å². The number of unbranched alkanes of at least 4 members (excludes halogenated alkanes) is 1. The predicted octanol–water partition coefficient (Wildman–Crippen LogP) is 2.33. The third kappa shape index (κ3) is 3.52. The van der Waals surface area contributed by atoms with E-state index in [0.717, 1.165) is 0 Å². The zero-order chi connectivity index (χ0) is 10.5. The molecule has 0 aliphatic rings. The van der Waals surface area contributed by atoms with E-state index in [1.165, 1.54) is 0 Å². The largest absolute Gasteiger partial charge is 0.465 e. The Hall–Kier alpha value is -0.940. The van der Waals surface area contributed by atoms with Gasteiger partial charge >= 0.3 is 12.1 Å². The van der Waals surface area contributed by atoms with E-state index in [1.54, 1.807) is 6.92 Å². The topological polar surface area (TPSA) is 40.5 Å². The van der Waals surface area contributed by atoms with Crippen LogP contribution in [0.1, 0.15) is 19.8 Å². The summed E-state index contributed by atoms with van der Waals surface area (Å²) < 4.78 is 36.9. The normalized spacial score (nSPS) is 11.4. The average Bonchev–Trinajstić information content (AvgIpc) is 2.04. The first-order chi connectivity index (χ1) is 5.95. The van der Waals surface area contributed by atoms with Gasteiger partial charge in [-0.1, -0.05) is 13.3 Å². The summed E-state index contributed by atoms with van der Waals surface area (Å²) in [5.74, 6) is 0. The Morgan fingerprint density at radius 3 is 2.38 bits per heavy atom. The van der Waals surface area contributed by atoms with Crippen LogP contribution in [-0.4, -0.2) is 35.4 Å². The van der Waals surface area contributed by atoms with Gasteiger partial charge in [-0.25, -0.2) is 14.1 Å². The zero-order valence-electron chi connectivity index (χ0n) is 7.26. The third-order valence-electron chi connectivity index (χ3n) is 1.52. The van der Waals surface area contributed by atoms with Gasteiger partial charge in [0.2, 0.25) is 0 Å². The number of rotatable bonds is 5. The van der Waals surface area contributed by atoms with Crippen LogP contribution < -0.4 is 0 Å². The molecule has 0 aromatic rings. The second-order valence-electron chi connectivity index (χ2n) is 2.59. The Labute approximate surface area is 74.1 Å². The van der Waals surface area contributed by atoms with Crippen molar-refractivity contribution in [1.82, 2.24) is 4.90 Å². The van der Waals surface area contributed by atoms with Crippen molar-refractivity contribution >= 4 is 6.09 Å². The van der Waals surface area contributed by atoms with Crippen molar-refractivity contribution in [3.63, 3.8) is 0 Å². The zero-order valence-corrected chi connectivity index (χ0v) is 7.26. The summed E-state index contributed by atoms with van der Waals surface area (Å²) in [6.07, 6.45) is -0.926. The van der Waals surface area contributed by atoms with Crippen molar-refractivity contribution in [3.05, 3.63) is 0 Å². The van der Waals surface area contributed by atoms with Gasteiger partial charge in [-0.2, -0.15) is 8.78 Å². The number of hydrogen-bond donors (Lipinski definition) is 1. The summed E-state index contributed by atoms with van der Waals surface area (Å²) in [7, 11) is 0. The summed E-state index contributed by atoms with van der Waals surface area (Å²) >= 11 is 0. The first-order valence-electron chi connectivity index (χ1n) is 3.90. The van der Waals surface area contributed by atoms with Crippen molar-refractivity contribution in [2.75, 3.05) is 13.2 Å². The highest BCUT2D eigenvalue weighted by Gasteiger charge is 2.40. The summed E-state index contributed by atoms with van der Waals surface area (Å²) in [6.45, 7) is -0.598.